The first-order valence-electron chi connectivity index (χ1n) is 4.19. The number of halogens is 3. The van der Waals surface area contributed by atoms with Crippen molar-refractivity contribution in [2.75, 3.05) is 0 Å². The smallest absolute Gasteiger partial charge is 0.392 e. The van der Waals surface area contributed by atoms with Gasteiger partial charge in [0.1, 0.15) is 0 Å². The molecule has 13 heavy (non-hydrogen) atoms. The van der Waals surface area contributed by atoms with E-state index in [0.717, 1.165) is 6.42 Å². The summed E-state index contributed by atoms with van der Waals surface area (Å²) in [5.74, 6) is -3.47. The first-order chi connectivity index (χ1) is 5.91. The van der Waals surface area contributed by atoms with E-state index < -0.39 is 30.4 Å². The van der Waals surface area contributed by atoms with Crippen molar-refractivity contribution in [3.05, 3.63) is 0 Å². The maximum absolute atomic E-state index is 12.3. The summed E-state index contributed by atoms with van der Waals surface area (Å²) in [6.45, 7) is 0. The van der Waals surface area contributed by atoms with Gasteiger partial charge in [0.25, 0.3) is 0 Å². The number of alkyl halides is 3. The zero-order valence-electron chi connectivity index (χ0n) is 6.97. The molecule has 1 aliphatic carbocycles. The Hall–Kier alpha value is -0.740. The first kappa shape index (κ1) is 10.3. The van der Waals surface area contributed by atoms with E-state index in [0.29, 0.717) is 12.8 Å². The summed E-state index contributed by atoms with van der Waals surface area (Å²) in [6, 6.07) is 0. The van der Waals surface area contributed by atoms with Gasteiger partial charge in [0.05, 0.1) is 12.3 Å². The molecule has 0 heterocycles. The molecule has 0 radical (unpaired) electrons. The zero-order chi connectivity index (χ0) is 10.1. The van der Waals surface area contributed by atoms with E-state index in [2.05, 4.69) is 0 Å². The fourth-order valence-corrected chi connectivity index (χ4v) is 1.58. The third kappa shape index (κ3) is 2.60. The van der Waals surface area contributed by atoms with Crippen LogP contribution in [-0.4, -0.2) is 17.3 Å². The van der Waals surface area contributed by atoms with Gasteiger partial charge in [0, 0.05) is 0 Å². The van der Waals surface area contributed by atoms with Gasteiger partial charge in [-0.25, -0.2) is 0 Å². The summed E-state index contributed by atoms with van der Waals surface area (Å²) in [5, 5.41) is 8.32. The monoisotopic (exact) mass is 196 g/mol. The number of rotatable bonds is 3. The zero-order valence-corrected chi connectivity index (χ0v) is 6.97. The molecule has 0 bridgehead atoms. The third-order valence-corrected chi connectivity index (χ3v) is 2.53. The van der Waals surface area contributed by atoms with E-state index in [4.69, 9.17) is 5.11 Å². The number of aliphatic carboxylic acids is 1. The standard InChI is InChI=1S/C8H11F3O2/c9-8(10,11)6(4-7(12)13)5-2-1-3-5/h5-6H,1-4H2,(H,12,13). The Labute approximate surface area is 73.7 Å². The van der Waals surface area contributed by atoms with Crippen LogP contribution < -0.4 is 0 Å². The molecule has 0 aliphatic heterocycles. The van der Waals surface area contributed by atoms with Crippen molar-refractivity contribution in [2.24, 2.45) is 11.8 Å². The average Bonchev–Trinajstić information content (AvgIpc) is 1.78. The fourth-order valence-electron chi connectivity index (χ4n) is 1.58. The van der Waals surface area contributed by atoms with E-state index in [1.54, 1.807) is 0 Å². The van der Waals surface area contributed by atoms with Gasteiger partial charge >= 0.3 is 12.1 Å². The van der Waals surface area contributed by atoms with E-state index in [1.165, 1.54) is 0 Å². The van der Waals surface area contributed by atoms with Crippen LogP contribution in [0.25, 0.3) is 0 Å². The predicted octanol–water partition coefficient (Wildman–Crippen LogP) is 2.44. The summed E-state index contributed by atoms with van der Waals surface area (Å²) in [5.41, 5.74) is 0. The minimum Gasteiger partial charge on any atom is -0.481 e. The molecule has 1 atom stereocenters. The lowest BCUT2D eigenvalue weighted by Crippen LogP contribution is -2.35. The van der Waals surface area contributed by atoms with Gasteiger partial charge < -0.3 is 5.11 Å². The van der Waals surface area contributed by atoms with Crippen molar-refractivity contribution in [2.45, 2.75) is 31.9 Å². The van der Waals surface area contributed by atoms with Crippen molar-refractivity contribution in [1.82, 2.24) is 0 Å². The highest BCUT2D eigenvalue weighted by Gasteiger charge is 2.47. The molecular weight excluding hydrogens is 185 g/mol. The molecule has 0 aromatic heterocycles. The topological polar surface area (TPSA) is 37.3 Å². The molecule has 5 heteroatoms. The van der Waals surface area contributed by atoms with Crippen LogP contribution in [0.4, 0.5) is 13.2 Å². The van der Waals surface area contributed by atoms with Gasteiger partial charge in [-0.3, -0.25) is 4.79 Å². The number of carboxylic acids is 1. The highest BCUT2D eigenvalue weighted by atomic mass is 19.4. The molecule has 2 nitrogen and oxygen atoms in total. The molecule has 1 fully saturated rings. The molecule has 0 spiro atoms. The Kier molecular flexibility index (Phi) is 2.83. The van der Waals surface area contributed by atoms with Crippen LogP contribution in [0, 0.1) is 11.8 Å². The second kappa shape index (κ2) is 3.55. The second-order valence-corrected chi connectivity index (χ2v) is 3.44. The number of carbonyl (C=O) groups is 1. The largest absolute Gasteiger partial charge is 0.481 e. The maximum Gasteiger partial charge on any atom is 0.392 e. The molecule has 0 aromatic rings. The molecule has 1 aliphatic rings. The molecule has 1 rings (SSSR count). The lowest BCUT2D eigenvalue weighted by atomic mass is 9.74. The van der Waals surface area contributed by atoms with Crippen molar-refractivity contribution in [1.29, 1.82) is 0 Å². The lowest BCUT2D eigenvalue weighted by Gasteiger charge is -2.34. The van der Waals surface area contributed by atoms with Crippen LogP contribution >= 0.6 is 0 Å². The Balaban J connectivity index is 2.58. The average molecular weight is 196 g/mol. The van der Waals surface area contributed by atoms with Crippen LogP contribution in [0.1, 0.15) is 25.7 Å². The van der Waals surface area contributed by atoms with Gasteiger partial charge in [-0.15, -0.1) is 0 Å². The van der Waals surface area contributed by atoms with Crippen molar-refractivity contribution in [3.63, 3.8) is 0 Å². The van der Waals surface area contributed by atoms with Crippen molar-refractivity contribution in [3.8, 4) is 0 Å². The summed E-state index contributed by atoms with van der Waals surface area (Å²) in [4.78, 5) is 10.2. The summed E-state index contributed by atoms with van der Waals surface area (Å²) < 4.78 is 36.9. The van der Waals surface area contributed by atoms with Crippen LogP contribution in [-0.2, 0) is 4.79 Å². The first-order valence-corrected chi connectivity index (χ1v) is 4.19. The van der Waals surface area contributed by atoms with E-state index in [1.807, 2.05) is 0 Å². The molecule has 1 N–H and O–H groups in total. The number of hydrogen-bond acceptors (Lipinski definition) is 1. The second-order valence-electron chi connectivity index (χ2n) is 3.44. The van der Waals surface area contributed by atoms with E-state index >= 15 is 0 Å². The molecule has 76 valence electrons. The molecule has 1 saturated carbocycles. The maximum atomic E-state index is 12.3. The fraction of sp³-hybridized carbons (Fsp3) is 0.875. The van der Waals surface area contributed by atoms with Crippen molar-refractivity contribution < 1.29 is 23.1 Å². The van der Waals surface area contributed by atoms with Crippen LogP contribution in [0.3, 0.4) is 0 Å². The number of hydrogen-bond donors (Lipinski definition) is 1. The van der Waals surface area contributed by atoms with Gasteiger partial charge in [-0.1, -0.05) is 6.42 Å². The van der Waals surface area contributed by atoms with Crippen molar-refractivity contribution >= 4 is 5.97 Å². The molecule has 0 aromatic carbocycles. The Morgan fingerprint density at radius 1 is 1.46 bits per heavy atom. The lowest BCUT2D eigenvalue weighted by molar-refractivity contribution is -0.202. The molecule has 0 saturated heterocycles. The minimum atomic E-state index is -4.36. The Morgan fingerprint density at radius 2 is 2.00 bits per heavy atom. The van der Waals surface area contributed by atoms with Crippen LogP contribution in [0.5, 0.6) is 0 Å². The third-order valence-electron chi connectivity index (χ3n) is 2.53. The highest BCUT2D eigenvalue weighted by Crippen LogP contribution is 2.43. The molecular formula is C8H11F3O2. The summed E-state index contributed by atoms with van der Waals surface area (Å²) in [6.07, 6.45) is -3.33. The Bertz CT molecular complexity index is 196. The minimum absolute atomic E-state index is 0.462. The molecule has 0 amide bonds. The van der Waals surface area contributed by atoms with E-state index in [-0.39, 0.29) is 0 Å². The quantitative estimate of drug-likeness (QED) is 0.752. The molecule has 1 unspecified atom stereocenters. The summed E-state index contributed by atoms with van der Waals surface area (Å²) in [7, 11) is 0. The van der Waals surface area contributed by atoms with Crippen LogP contribution in [0.2, 0.25) is 0 Å². The van der Waals surface area contributed by atoms with Crippen LogP contribution in [0.15, 0.2) is 0 Å². The Morgan fingerprint density at radius 3 is 2.23 bits per heavy atom. The predicted molar refractivity (Wildman–Crippen MR) is 39.1 cm³/mol. The highest BCUT2D eigenvalue weighted by molar-refractivity contribution is 5.67. The van der Waals surface area contributed by atoms with Gasteiger partial charge in [-0.05, 0) is 18.8 Å². The van der Waals surface area contributed by atoms with Gasteiger partial charge in [-0.2, -0.15) is 13.2 Å². The normalized spacial score (nSPS) is 20.8. The van der Waals surface area contributed by atoms with Gasteiger partial charge in [0.15, 0.2) is 0 Å². The summed E-state index contributed by atoms with van der Waals surface area (Å²) >= 11 is 0. The number of carboxylic acid groups (broad SMARTS) is 1. The van der Waals surface area contributed by atoms with E-state index in [9.17, 15) is 18.0 Å². The SMILES string of the molecule is O=C(O)CC(C1CCC1)C(F)(F)F. The van der Waals surface area contributed by atoms with Gasteiger partial charge in [0.2, 0.25) is 0 Å².